The van der Waals surface area contributed by atoms with Crippen LogP contribution in [0, 0.1) is 5.92 Å². The predicted octanol–water partition coefficient (Wildman–Crippen LogP) is 3.45. The third kappa shape index (κ3) is 3.88. The molecule has 0 bridgehead atoms. The van der Waals surface area contributed by atoms with E-state index in [0.717, 1.165) is 53.8 Å². The number of nitrogens with one attached hydrogen (secondary N) is 1. The number of anilines is 1. The van der Waals surface area contributed by atoms with Crippen LogP contribution in [0.3, 0.4) is 0 Å². The third-order valence-electron chi connectivity index (χ3n) is 4.79. The van der Waals surface area contributed by atoms with Crippen molar-refractivity contribution >= 4 is 33.9 Å². The highest BCUT2D eigenvalue weighted by Crippen LogP contribution is 2.39. The van der Waals surface area contributed by atoms with E-state index in [1.54, 1.807) is 0 Å². The van der Waals surface area contributed by atoms with Crippen molar-refractivity contribution in [2.45, 2.75) is 38.7 Å². The first-order valence-corrected chi connectivity index (χ1v) is 9.94. The van der Waals surface area contributed by atoms with Crippen LogP contribution in [0.15, 0.2) is 35.5 Å². The molecule has 4 rings (SSSR count). The van der Waals surface area contributed by atoms with E-state index in [1.807, 2.05) is 30.3 Å². The number of nitrogens with zero attached hydrogens (tertiary/aromatic N) is 1. The number of oxime groups is 1. The lowest BCUT2D eigenvalue weighted by Gasteiger charge is -2.14. The number of primary amides is 1. The molecule has 2 aromatic rings. The zero-order valence-corrected chi connectivity index (χ0v) is 15.7. The van der Waals surface area contributed by atoms with Gasteiger partial charge in [-0.25, -0.2) is 0 Å². The number of carbonyl (C=O) groups is 2. The number of benzene rings is 1. The minimum absolute atomic E-state index is 0.0325. The molecule has 0 unspecified atom stereocenters. The minimum Gasteiger partial charge on any atom is -0.391 e. The number of amides is 2. The van der Waals surface area contributed by atoms with Crippen molar-refractivity contribution in [3.63, 3.8) is 0 Å². The fourth-order valence-corrected chi connectivity index (χ4v) is 4.50. The molecule has 0 atom stereocenters. The van der Waals surface area contributed by atoms with Gasteiger partial charge < -0.3 is 15.9 Å². The summed E-state index contributed by atoms with van der Waals surface area (Å²) in [6, 6.07) is 9.83. The zero-order valence-electron chi connectivity index (χ0n) is 14.9. The first-order chi connectivity index (χ1) is 13.1. The summed E-state index contributed by atoms with van der Waals surface area (Å²) in [4.78, 5) is 30.6. The molecule has 1 fully saturated rings. The average molecular weight is 383 g/mol. The molecule has 2 aliphatic carbocycles. The molecule has 0 spiro atoms. The Kier molecular flexibility index (Phi) is 4.94. The minimum atomic E-state index is -0.509. The Hall–Kier alpha value is -2.67. The summed E-state index contributed by atoms with van der Waals surface area (Å²) >= 11 is 1.37. The number of thiophene rings is 1. The molecular formula is C20H21N3O3S. The van der Waals surface area contributed by atoms with Crippen LogP contribution < -0.4 is 11.1 Å². The highest BCUT2D eigenvalue weighted by atomic mass is 32.1. The van der Waals surface area contributed by atoms with Gasteiger partial charge in [0.2, 0.25) is 5.91 Å². The SMILES string of the molecule is NC(=O)c1c(NC(=O)C2CC2)sc2c1CCCC2=NOCc1ccccc1. The summed E-state index contributed by atoms with van der Waals surface area (Å²) in [5.41, 5.74) is 8.78. The number of nitrogens with two attached hydrogens (primary N) is 1. The highest BCUT2D eigenvalue weighted by molar-refractivity contribution is 7.19. The Morgan fingerprint density at radius 1 is 1.22 bits per heavy atom. The molecule has 1 aromatic carbocycles. The van der Waals surface area contributed by atoms with Crippen molar-refractivity contribution in [1.82, 2.24) is 0 Å². The molecule has 1 heterocycles. The molecule has 6 nitrogen and oxygen atoms in total. The summed E-state index contributed by atoms with van der Waals surface area (Å²) in [6.45, 7) is 0.388. The first kappa shape index (κ1) is 17.7. The lowest BCUT2D eigenvalue weighted by atomic mass is 9.94. The maximum Gasteiger partial charge on any atom is 0.252 e. The molecule has 0 saturated heterocycles. The number of rotatable bonds is 6. The molecule has 1 saturated carbocycles. The molecule has 7 heteroatoms. The van der Waals surface area contributed by atoms with Crippen molar-refractivity contribution in [2.75, 3.05) is 5.32 Å². The van der Waals surface area contributed by atoms with E-state index in [-0.39, 0.29) is 11.8 Å². The molecule has 0 radical (unpaired) electrons. The standard InChI is InChI=1S/C20H21N3O3S/c21-18(24)16-14-7-4-8-15(23-26-11-12-5-2-1-3-6-12)17(14)27-20(16)22-19(25)13-9-10-13/h1-3,5-6,13H,4,7-11H2,(H2,21,24)(H,22,25). The van der Waals surface area contributed by atoms with Crippen LogP contribution >= 0.6 is 11.3 Å². The molecule has 2 aliphatic rings. The van der Waals surface area contributed by atoms with Crippen LogP contribution in [-0.4, -0.2) is 17.5 Å². The Balaban J connectivity index is 1.58. The van der Waals surface area contributed by atoms with Crippen LogP contribution in [0.2, 0.25) is 0 Å². The fraction of sp³-hybridized carbons (Fsp3) is 0.350. The van der Waals surface area contributed by atoms with Gasteiger partial charge in [0.15, 0.2) is 0 Å². The van der Waals surface area contributed by atoms with E-state index < -0.39 is 5.91 Å². The van der Waals surface area contributed by atoms with Crippen LogP contribution in [-0.2, 0) is 22.7 Å². The van der Waals surface area contributed by atoms with Gasteiger partial charge in [-0.05, 0) is 43.2 Å². The van der Waals surface area contributed by atoms with Gasteiger partial charge >= 0.3 is 0 Å². The fourth-order valence-electron chi connectivity index (χ4n) is 3.24. The second-order valence-electron chi connectivity index (χ2n) is 6.89. The normalized spacial score (nSPS) is 17.4. The largest absolute Gasteiger partial charge is 0.391 e. The molecule has 140 valence electrons. The van der Waals surface area contributed by atoms with E-state index in [1.165, 1.54) is 11.3 Å². The molecular weight excluding hydrogens is 362 g/mol. The molecule has 1 aromatic heterocycles. The van der Waals surface area contributed by atoms with Crippen LogP contribution in [0.5, 0.6) is 0 Å². The molecule has 27 heavy (non-hydrogen) atoms. The quantitative estimate of drug-likeness (QED) is 0.748. The first-order valence-electron chi connectivity index (χ1n) is 9.13. The lowest BCUT2D eigenvalue weighted by molar-refractivity contribution is -0.117. The van der Waals surface area contributed by atoms with Gasteiger partial charge in [-0.15, -0.1) is 11.3 Å². The molecule has 0 aliphatic heterocycles. The predicted molar refractivity (Wildman–Crippen MR) is 105 cm³/mol. The van der Waals surface area contributed by atoms with Crippen molar-refractivity contribution in [3.05, 3.63) is 51.9 Å². The van der Waals surface area contributed by atoms with Crippen LogP contribution in [0.4, 0.5) is 5.00 Å². The molecule has 2 amide bonds. The summed E-state index contributed by atoms with van der Waals surface area (Å²) in [5.74, 6) is -0.479. The Morgan fingerprint density at radius 2 is 2.00 bits per heavy atom. The van der Waals surface area contributed by atoms with Crippen molar-refractivity contribution in [1.29, 1.82) is 0 Å². The summed E-state index contributed by atoms with van der Waals surface area (Å²) in [7, 11) is 0. The Labute approximate surface area is 161 Å². The lowest BCUT2D eigenvalue weighted by Crippen LogP contribution is -2.20. The monoisotopic (exact) mass is 383 g/mol. The Bertz CT molecular complexity index is 901. The van der Waals surface area contributed by atoms with Crippen molar-refractivity contribution < 1.29 is 14.4 Å². The number of hydrogen-bond donors (Lipinski definition) is 2. The van der Waals surface area contributed by atoms with Gasteiger partial charge in [0.1, 0.15) is 11.6 Å². The van der Waals surface area contributed by atoms with Gasteiger partial charge in [0, 0.05) is 5.92 Å². The topological polar surface area (TPSA) is 93.8 Å². The molecule has 3 N–H and O–H groups in total. The van der Waals surface area contributed by atoms with E-state index in [2.05, 4.69) is 10.5 Å². The van der Waals surface area contributed by atoms with Crippen molar-refractivity contribution in [3.8, 4) is 0 Å². The van der Waals surface area contributed by atoms with Gasteiger partial charge in [-0.2, -0.15) is 0 Å². The van der Waals surface area contributed by atoms with E-state index in [4.69, 9.17) is 10.6 Å². The number of fused-ring (bicyclic) bond motifs is 1. The van der Waals surface area contributed by atoms with Gasteiger partial charge in [-0.3, -0.25) is 9.59 Å². The number of carbonyl (C=O) groups excluding carboxylic acids is 2. The Morgan fingerprint density at radius 3 is 2.70 bits per heavy atom. The average Bonchev–Trinajstić information content (AvgIpc) is 3.44. The second kappa shape index (κ2) is 7.52. The van der Waals surface area contributed by atoms with Gasteiger partial charge in [0.25, 0.3) is 5.91 Å². The van der Waals surface area contributed by atoms with Gasteiger partial charge in [-0.1, -0.05) is 35.5 Å². The van der Waals surface area contributed by atoms with Crippen LogP contribution in [0.1, 0.15) is 52.0 Å². The van der Waals surface area contributed by atoms with E-state index in [9.17, 15) is 9.59 Å². The maximum absolute atomic E-state index is 12.2. The van der Waals surface area contributed by atoms with Crippen molar-refractivity contribution in [2.24, 2.45) is 16.8 Å². The van der Waals surface area contributed by atoms with Gasteiger partial charge in [0.05, 0.1) is 16.2 Å². The summed E-state index contributed by atoms with van der Waals surface area (Å²) in [6.07, 6.45) is 4.21. The summed E-state index contributed by atoms with van der Waals surface area (Å²) < 4.78 is 0. The number of hydrogen-bond acceptors (Lipinski definition) is 5. The second-order valence-corrected chi connectivity index (χ2v) is 7.91. The third-order valence-corrected chi connectivity index (χ3v) is 5.99. The summed E-state index contributed by atoms with van der Waals surface area (Å²) in [5, 5.41) is 7.76. The van der Waals surface area contributed by atoms with E-state index >= 15 is 0 Å². The zero-order chi connectivity index (χ0) is 18.8. The maximum atomic E-state index is 12.2. The highest BCUT2D eigenvalue weighted by Gasteiger charge is 2.33. The smallest absolute Gasteiger partial charge is 0.252 e. The van der Waals surface area contributed by atoms with Crippen LogP contribution in [0.25, 0.3) is 0 Å². The van der Waals surface area contributed by atoms with E-state index in [0.29, 0.717) is 17.2 Å².